The van der Waals surface area contributed by atoms with Crippen molar-refractivity contribution in [3.8, 4) is 11.3 Å². The van der Waals surface area contributed by atoms with Crippen LogP contribution in [0.25, 0.3) is 11.3 Å². The third-order valence-corrected chi connectivity index (χ3v) is 3.75. The van der Waals surface area contributed by atoms with Gasteiger partial charge in [0.05, 0.1) is 24.9 Å². The standard InChI is InChI=1S/C16H19ClN2O2/c1-11-8-19(9-12(2)20-11)10-16-18-7-15(21-16)13-4-3-5-14(17)6-13/h3-7,11-12H,8-10H2,1-2H3/t11-,12+. The van der Waals surface area contributed by atoms with Gasteiger partial charge in [0.2, 0.25) is 5.89 Å². The Balaban J connectivity index is 1.70. The molecule has 0 saturated carbocycles. The Hall–Kier alpha value is -1.36. The molecule has 112 valence electrons. The normalized spacial score (nSPS) is 23.4. The quantitative estimate of drug-likeness (QED) is 0.868. The fourth-order valence-electron chi connectivity index (χ4n) is 2.76. The van der Waals surface area contributed by atoms with Gasteiger partial charge in [-0.3, -0.25) is 4.90 Å². The first-order chi connectivity index (χ1) is 10.1. The zero-order valence-corrected chi connectivity index (χ0v) is 13.0. The van der Waals surface area contributed by atoms with E-state index in [1.54, 1.807) is 6.20 Å². The minimum atomic E-state index is 0.246. The highest BCUT2D eigenvalue weighted by molar-refractivity contribution is 6.30. The number of halogens is 1. The van der Waals surface area contributed by atoms with Crippen molar-refractivity contribution in [1.29, 1.82) is 0 Å². The summed E-state index contributed by atoms with van der Waals surface area (Å²) in [5, 5.41) is 0.696. The van der Waals surface area contributed by atoms with Gasteiger partial charge in [0, 0.05) is 23.7 Å². The van der Waals surface area contributed by atoms with Gasteiger partial charge in [0.1, 0.15) is 0 Å². The molecule has 1 aliphatic heterocycles. The Kier molecular flexibility index (Phi) is 4.29. The van der Waals surface area contributed by atoms with Gasteiger partial charge in [-0.15, -0.1) is 0 Å². The molecule has 0 N–H and O–H groups in total. The Bertz CT molecular complexity index is 604. The molecule has 2 heterocycles. The number of rotatable bonds is 3. The highest BCUT2D eigenvalue weighted by Gasteiger charge is 2.23. The second kappa shape index (κ2) is 6.18. The largest absolute Gasteiger partial charge is 0.439 e. The van der Waals surface area contributed by atoms with Crippen LogP contribution in [0.15, 0.2) is 34.9 Å². The molecule has 0 amide bonds. The molecule has 1 saturated heterocycles. The number of oxazole rings is 1. The van der Waals surface area contributed by atoms with E-state index in [9.17, 15) is 0 Å². The molecule has 0 aliphatic carbocycles. The molecule has 21 heavy (non-hydrogen) atoms. The van der Waals surface area contributed by atoms with Crippen LogP contribution >= 0.6 is 11.6 Å². The summed E-state index contributed by atoms with van der Waals surface area (Å²) in [7, 11) is 0. The lowest BCUT2D eigenvalue weighted by molar-refractivity contribution is -0.0721. The number of morpholine rings is 1. The average Bonchev–Trinajstić information content (AvgIpc) is 2.86. The molecule has 0 unspecified atom stereocenters. The van der Waals surface area contributed by atoms with Crippen molar-refractivity contribution < 1.29 is 9.15 Å². The Morgan fingerprint density at radius 1 is 1.29 bits per heavy atom. The summed E-state index contributed by atoms with van der Waals surface area (Å²) < 4.78 is 11.6. The fraction of sp³-hybridized carbons (Fsp3) is 0.438. The van der Waals surface area contributed by atoms with Gasteiger partial charge < -0.3 is 9.15 Å². The topological polar surface area (TPSA) is 38.5 Å². The molecule has 2 atom stereocenters. The number of hydrogen-bond acceptors (Lipinski definition) is 4. The zero-order valence-electron chi connectivity index (χ0n) is 12.3. The number of benzene rings is 1. The van der Waals surface area contributed by atoms with Crippen LogP contribution in [0.4, 0.5) is 0 Å². The summed E-state index contributed by atoms with van der Waals surface area (Å²) in [6.07, 6.45) is 2.25. The van der Waals surface area contributed by atoms with E-state index >= 15 is 0 Å². The number of ether oxygens (including phenoxy) is 1. The zero-order chi connectivity index (χ0) is 14.8. The maximum Gasteiger partial charge on any atom is 0.209 e. The van der Waals surface area contributed by atoms with Crippen molar-refractivity contribution in [1.82, 2.24) is 9.88 Å². The van der Waals surface area contributed by atoms with Gasteiger partial charge in [-0.05, 0) is 26.0 Å². The molecule has 4 nitrogen and oxygen atoms in total. The van der Waals surface area contributed by atoms with Gasteiger partial charge in [0.25, 0.3) is 0 Å². The average molecular weight is 307 g/mol. The van der Waals surface area contributed by atoms with Crippen LogP contribution in [0.3, 0.4) is 0 Å². The molecule has 1 aromatic heterocycles. The highest BCUT2D eigenvalue weighted by Crippen LogP contribution is 2.24. The summed E-state index contributed by atoms with van der Waals surface area (Å²) in [6.45, 7) is 6.70. The first-order valence-corrected chi connectivity index (χ1v) is 7.56. The van der Waals surface area contributed by atoms with Crippen molar-refractivity contribution in [3.05, 3.63) is 41.4 Å². The van der Waals surface area contributed by atoms with E-state index in [1.807, 2.05) is 24.3 Å². The lowest BCUT2D eigenvalue weighted by atomic mass is 10.2. The molecule has 1 fully saturated rings. The van der Waals surface area contributed by atoms with E-state index in [-0.39, 0.29) is 12.2 Å². The van der Waals surface area contributed by atoms with Crippen molar-refractivity contribution in [3.63, 3.8) is 0 Å². The molecule has 2 aromatic rings. The maximum absolute atomic E-state index is 6.01. The van der Waals surface area contributed by atoms with Crippen molar-refractivity contribution in [2.75, 3.05) is 13.1 Å². The minimum absolute atomic E-state index is 0.246. The monoisotopic (exact) mass is 306 g/mol. The maximum atomic E-state index is 6.01. The second-order valence-electron chi connectivity index (χ2n) is 5.58. The van der Waals surface area contributed by atoms with Crippen molar-refractivity contribution in [2.24, 2.45) is 0 Å². The van der Waals surface area contributed by atoms with Crippen LogP contribution in [-0.2, 0) is 11.3 Å². The van der Waals surface area contributed by atoms with Gasteiger partial charge in [0.15, 0.2) is 5.76 Å². The van der Waals surface area contributed by atoms with Crippen LogP contribution in [0.1, 0.15) is 19.7 Å². The molecule has 0 radical (unpaired) electrons. The third kappa shape index (κ3) is 3.64. The molecule has 1 aliphatic rings. The summed E-state index contributed by atoms with van der Waals surface area (Å²) in [4.78, 5) is 6.69. The summed E-state index contributed by atoms with van der Waals surface area (Å²) in [5.74, 6) is 1.48. The molecule has 0 spiro atoms. The van der Waals surface area contributed by atoms with Crippen molar-refractivity contribution >= 4 is 11.6 Å². The van der Waals surface area contributed by atoms with Crippen LogP contribution in [0.2, 0.25) is 5.02 Å². The third-order valence-electron chi connectivity index (χ3n) is 3.52. The smallest absolute Gasteiger partial charge is 0.209 e. The first-order valence-electron chi connectivity index (χ1n) is 7.18. The SMILES string of the molecule is C[C@@H]1CN(Cc2ncc(-c3cccc(Cl)c3)o2)C[C@H](C)O1. The second-order valence-corrected chi connectivity index (χ2v) is 6.02. The van der Waals surface area contributed by atoms with E-state index in [0.717, 1.165) is 30.3 Å². The van der Waals surface area contributed by atoms with E-state index in [0.29, 0.717) is 11.6 Å². The minimum Gasteiger partial charge on any atom is -0.439 e. The molecule has 5 heteroatoms. The van der Waals surface area contributed by atoms with E-state index in [4.69, 9.17) is 20.8 Å². The number of hydrogen-bond donors (Lipinski definition) is 0. The Morgan fingerprint density at radius 3 is 2.76 bits per heavy atom. The van der Waals surface area contributed by atoms with Crippen LogP contribution in [-0.4, -0.2) is 35.2 Å². The van der Waals surface area contributed by atoms with E-state index in [2.05, 4.69) is 23.7 Å². The molecular weight excluding hydrogens is 288 g/mol. The summed E-state index contributed by atoms with van der Waals surface area (Å²) in [5.41, 5.74) is 0.949. The molecular formula is C16H19ClN2O2. The predicted molar refractivity (Wildman–Crippen MR) is 82.2 cm³/mol. The molecule has 0 bridgehead atoms. The predicted octanol–water partition coefficient (Wildman–Crippen LogP) is 3.60. The molecule has 3 rings (SSSR count). The lowest BCUT2D eigenvalue weighted by Gasteiger charge is -2.34. The fourth-order valence-corrected chi connectivity index (χ4v) is 2.95. The Labute approximate surface area is 129 Å². The molecule has 1 aromatic carbocycles. The van der Waals surface area contributed by atoms with Gasteiger partial charge in [-0.1, -0.05) is 23.7 Å². The van der Waals surface area contributed by atoms with Crippen LogP contribution < -0.4 is 0 Å². The summed E-state index contributed by atoms with van der Waals surface area (Å²) in [6, 6.07) is 7.60. The summed E-state index contributed by atoms with van der Waals surface area (Å²) >= 11 is 6.01. The Morgan fingerprint density at radius 2 is 2.05 bits per heavy atom. The van der Waals surface area contributed by atoms with Gasteiger partial charge in [-0.25, -0.2) is 4.98 Å². The lowest BCUT2D eigenvalue weighted by Crippen LogP contribution is -2.44. The number of aromatic nitrogens is 1. The van der Waals surface area contributed by atoms with E-state index in [1.165, 1.54) is 0 Å². The van der Waals surface area contributed by atoms with Crippen LogP contribution in [0.5, 0.6) is 0 Å². The number of nitrogens with zero attached hydrogens (tertiary/aromatic N) is 2. The van der Waals surface area contributed by atoms with Crippen LogP contribution in [0, 0.1) is 0 Å². The first kappa shape index (κ1) is 14.6. The van der Waals surface area contributed by atoms with Gasteiger partial charge in [-0.2, -0.15) is 0 Å². The van der Waals surface area contributed by atoms with E-state index < -0.39 is 0 Å². The highest BCUT2D eigenvalue weighted by atomic mass is 35.5. The van der Waals surface area contributed by atoms with Crippen molar-refractivity contribution in [2.45, 2.75) is 32.6 Å². The van der Waals surface area contributed by atoms with Gasteiger partial charge >= 0.3 is 0 Å².